The van der Waals surface area contributed by atoms with Crippen LogP contribution in [0.25, 0.3) is 10.9 Å². The van der Waals surface area contributed by atoms with Gasteiger partial charge in [0.15, 0.2) is 0 Å². The summed E-state index contributed by atoms with van der Waals surface area (Å²) in [5, 5.41) is 16.0. The first kappa shape index (κ1) is 17.2. The van der Waals surface area contributed by atoms with Crippen molar-refractivity contribution in [3.63, 3.8) is 0 Å². The van der Waals surface area contributed by atoms with Crippen LogP contribution in [0.3, 0.4) is 0 Å². The van der Waals surface area contributed by atoms with Crippen LogP contribution in [0.4, 0.5) is 17.1 Å². The predicted octanol–water partition coefficient (Wildman–Crippen LogP) is 4.50. The fourth-order valence-electron chi connectivity index (χ4n) is 2.86. The van der Waals surface area contributed by atoms with Crippen molar-refractivity contribution >= 4 is 33.9 Å². The number of aromatic nitrogens is 2. The van der Waals surface area contributed by atoms with Gasteiger partial charge in [-0.15, -0.1) is 0 Å². The maximum Gasteiger partial charge on any atom is 0.274 e. The van der Waals surface area contributed by atoms with Crippen molar-refractivity contribution in [1.29, 1.82) is 5.26 Å². The molecule has 0 atom stereocenters. The zero-order chi connectivity index (χ0) is 19.3. The average molecular weight is 365 g/mol. The normalized spacial score (nSPS) is 10.2. The zero-order valence-electron chi connectivity index (χ0n) is 14.8. The molecule has 2 aromatic carbocycles. The summed E-state index contributed by atoms with van der Waals surface area (Å²) in [7, 11) is 0. The maximum atomic E-state index is 12.7. The van der Waals surface area contributed by atoms with E-state index in [4.69, 9.17) is 5.26 Å². The Balaban J connectivity index is 1.57. The molecule has 0 bridgehead atoms. The Morgan fingerprint density at radius 1 is 0.893 bits per heavy atom. The number of amides is 1. The van der Waals surface area contributed by atoms with Gasteiger partial charge < -0.3 is 10.6 Å². The van der Waals surface area contributed by atoms with Gasteiger partial charge in [0, 0.05) is 29.2 Å². The lowest BCUT2D eigenvalue weighted by molar-refractivity contribution is 0.102. The summed E-state index contributed by atoms with van der Waals surface area (Å²) in [5.41, 5.74) is 3.64. The molecule has 134 valence electrons. The molecule has 0 spiro atoms. The van der Waals surface area contributed by atoms with Crippen molar-refractivity contribution in [1.82, 2.24) is 9.97 Å². The van der Waals surface area contributed by atoms with E-state index in [1.165, 1.54) is 0 Å². The quantitative estimate of drug-likeness (QED) is 0.556. The van der Waals surface area contributed by atoms with E-state index in [1.807, 2.05) is 36.4 Å². The van der Waals surface area contributed by atoms with E-state index in [1.54, 1.807) is 42.7 Å². The van der Waals surface area contributed by atoms with E-state index in [2.05, 4.69) is 26.7 Å². The van der Waals surface area contributed by atoms with Crippen molar-refractivity contribution in [3.8, 4) is 6.07 Å². The molecule has 0 saturated carbocycles. The number of fused-ring (bicyclic) bond motifs is 1. The second kappa shape index (κ2) is 7.56. The zero-order valence-corrected chi connectivity index (χ0v) is 14.8. The number of nitrogens with one attached hydrogen (secondary N) is 2. The first-order valence-corrected chi connectivity index (χ1v) is 8.61. The molecule has 6 nitrogen and oxygen atoms in total. The Kier molecular flexibility index (Phi) is 4.64. The lowest BCUT2D eigenvalue weighted by Gasteiger charge is -2.10. The summed E-state index contributed by atoms with van der Waals surface area (Å²) < 4.78 is 0. The number of carbonyl (C=O) groups excluding carboxylic acids is 1. The van der Waals surface area contributed by atoms with Crippen LogP contribution in [0.15, 0.2) is 79.1 Å². The number of nitrogens with zero attached hydrogens (tertiary/aromatic N) is 3. The third-order valence-electron chi connectivity index (χ3n) is 4.15. The molecule has 2 N–H and O–H groups in total. The molecule has 0 fully saturated rings. The highest BCUT2D eigenvalue weighted by Gasteiger charge is 2.11. The number of pyridine rings is 2. The van der Waals surface area contributed by atoms with Gasteiger partial charge in [-0.25, -0.2) is 0 Å². The van der Waals surface area contributed by atoms with Gasteiger partial charge >= 0.3 is 0 Å². The van der Waals surface area contributed by atoms with Gasteiger partial charge in [0.2, 0.25) is 0 Å². The molecule has 4 aromatic rings. The second-order valence-electron chi connectivity index (χ2n) is 6.08. The van der Waals surface area contributed by atoms with Crippen molar-refractivity contribution in [2.75, 3.05) is 10.6 Å². The molecule has 0 aliphatic rings. The van der Waals surface area contributed by atoms with Crippen molar-refractivity contribution in [2.24, 2.45) is 0 Å². The first-order valence-electron chi connectivity index (χ1n) is 8.61. The third kappa shape index (κ3) is 3.64. The molecule has 0 unspecified atom stereocenters. The van der Waals surface area contributed by atoms with Crippen molar-refractivity contribution < 1.29 is 4.79 Å². The monoisotopic (exact) mass is 365 g/mol. The Bertz CT molecular complexity index is 1210. The first-order chi connectivity index (χ1) is 13.7. The summed E-state index contributed by atoms with van der Waals surface area (Å²) >= 11 is 0. The highest BCUT2D eigenvalue weighted by Crippen LogP contribution is 2.22. The van der Waals surface area contributed by atoms with Crippen molar-refractivity contribution in [2.45, 2.75) is 0 Å². The molecule has 4 rings (SSSR count). The second-order valence-corrected chi connectivity index (χ2v) is 6.08. The number of anilines is 3. The van der Waals surface area contributed by atoms with Crippen LogP contribution in [0.1, 0.15) is 16.1 Å². The van der Waals surface area contributed by atoms with E-state index < -0.39 is 0 Å². The topological polar surface area (TPSA) is 90.7 Å². The van der Waals surface area contributed by atoms with Gasteiger partial charge in [0.25, 0.3) is 5.91 Å². The Hall–Kier alpha value is -4.24. The Labute approximate surface area is 161 Å². The Morgan fingerprint density at radius 2 is 1.71 bits per heavy atom. The number of para-hydroxylation sites is 1. The number of hydrogen-bond donors (Lipinski definition) is 2. The van der Waals surface area contributed by atoms with E-state index in [0.717, 1.165) is 16.6 Å². The van der Waals surface area contributed by atoms with Gasteiger partial charge in [-0.05, 0) is 42.5 Å². The number of benzene rings is 2. The molecular weight excluding hydrogens is 350 g/mol. The van der Waals surface area contributed by atoms with Crippen LogP contribution in [-0.2, 0) is 0 Å². The molecule has 2 aromatic heterocycles. The van der Waals surface area contributed by atoms with Crippen molar-refractivity contribution in [3.05, 3.63) is 90.4 Å². The predicted molar refractivity (Wildman–Crippen MR) is 108 cm³/mol. The van der Waals surface area contributed by atoms with Crippen LogP contribution < -0.4 is 10.6 Å². The van der Waals surface area contributed by atoms with Crippen LogP contribution in [-0.4, -0.2) is 15.9 Å². The summed E-state index contributed by atoms with van der Waals surface area (Å²) in [6, 6.07) is 22.0. The SMILES string of the molecule is N#Cc1cccc(Nc2ccnc(C(=O)Nc3cccc4cccnc34)c2)c1. The van der Waals surface area contributed by atoms with Gasteiger partial charge in [-0.1, -0.05) is 24.3 Å². The van der Waals surface area contributed by atoms with E-state index in [0.29, 0.717) is 16.9 Å². The summed E-state index contributed by atoms with van der Waals surface area (Å²) in [6.45, 7) is 0. The van der Waals surface area contributed by atoms with Gasteiger partial charge in [-0.2, -0.15) is 5.26 Å². The largest absolute Gasteiger partial charge is 0.355 e. The minimum atomic E-state index is -0.326. The lowest BCUT2D eigenvalue weighted by atomic mass is 10.2. The molecule has 2 heterocycles. The molecule has 0 radical (unpaired) electrons. The molecule has 6 heteroatoms. The van der Waals surface area contributed by atoms with Crippen LogP contribution in [0, 0.1) is 11.3 Å². The summed E-state index contributed by atoms with van der Waals surface area (Å²) in [5.74, 6) is -0.326. The average Bonchev–Trinajstić information content (AvgIpc) is 2.74. The van der Waals surface area contributed by atoms with Gasteiger partial charge in [-0.3, -0.25) is 14.8 Å². The minimum absolute atomic E-state index is 0.273. The standard InChI is InChI=1S/C22H15N5O/c23-14-15-4-1-7-17(12-15)26-18-9-11-24-20(13-18)22(28)27-19-8-2-5-16-6-3-10-25-21(16)19/h1-13H,(H,24,26)(H,27,28). The van der Waals surface area contributed by atoms with Crippen LogP contribution in [0.2, 0.25) is 0 Å². The third-order valence-corrected chi connectivity index (χ3v) is 4.15. The minimum Gasteiger partial charge on any atom is -0.355 e. The Morgan fingerprint density at radius 3 is 2.61 bits per heavy atom. The molecule has 0 aliphatic carbocycles. The van der Waals surface area contributed by atoms with Gasteiger partial charge in [0.1, 0.15) is 5.69 Å². The van der Waals surface area contributed by atoms with E-state index in [9.17, 15) is 4.79 Å². The molecule has 1 amide bonds. The smallest absolute Gasteiger partial charge is 0.274 e. The van der Waals surface area contributed by atoms with E-state index in [-0.39, 0.29) is 11.6 Å². The molecule has 0 aliphatic heterocycles. The van der Waals surface area contributed by atoms with Crippen LogP contribution >= 0.6 is 0 Å². The fourth-order valence-corrected chi connectivity index (χ4v) is 2.86. The number of rotatable bonds is 4. The maximum absolute atomic E-state index is 12.7. The number of hydrogen-bond acceptors (Lipinski definition) is 5. The number of nitriles is 1. The molecule has 28 heavy (non-hydrogen) atoms. The summed E-state index contributed by atoms with van der Waals surface area (Å²) in [6.07, 6.45) is 3.25. The summed E-state index contributed by atoms with van der Waals surface area (Å²) in [4.78, 5) is 21.2. The van der Waals surface area contributed by atoms with Crippen LogP contribution in [0.5, 0.6) is 0 Å². The van der Waals surface area contributed by atoms with Gasteiger partial charge in [0.05, 0.1) is 22.8 Å². The molecular formula is C22H15N5O. The lowest BCUT2D eigenvalue weighted by Crippen LogP contribution is -2.14. The highest BCUT2D eigenvalue weighted by atomic mass is 16.1. The molecule has 0 saturated heterocycles. The van der Waals surface area contributed by atoms with E-state index >= 15 is 0 Å². The number of carbonyl (C=O) groups is 1. The fraction of sp³-hybridized carbons (Fsp3) is 0. The highest BCUT2D eigenvalue weighted by molar-refractivity contribution is 6.07.